The van der Waals surface area contributed by atoms with Crippen molar-refractivity contribution in [3.63, 3.8) is 0 Å². The molecule has 1 heterocycles. The zero-order chi connectivity index (χ0) is 17.1. The lowest BCUT2D eigenvalue weighted by molar-refractivity contribution is 0.236. The maximum atomic E-state index is 13.7. The molecule has 1 aliphatic rings. The van der Waals surface area contributed by atoms with Crippen molar-refractivity contribution >= 4 is 11.8 Å². The van der Waals surface area contributed by atoms with E-state index in [0.717, 1.165) is 23.5 Å². The summed E-state index contributed by atoms with van der Waals surface area (Å²) in [5.74, 6) is 0.650. The fraction of sp³-hybridized carbons (Fsp3) is 0.333. The molecule has 2 aromatic rings. The molecule has 0 radical (unpaired) electrons. The van der Waals surface area contributed by atoms with Gasteiger partial charge in [0.15, 0.2) is 0 Å². The van der Waals surface area contributed by atoms with Gasteiger partial charge in [-0.05, 0) is 42.2 Å². The maximum Gasteiger partial charge on any atom is 0.315 e. The van der Waals surface area contributed by atoms with Crippen LogP contribution in [0.1, 0.15) is 29.3 Å². The predicted octanol–water partition coefficient (Wildman–Crippen LogP) is 2.77. The smallest absolute Gasteiger partial charge is 0.315 e. The lowest BCUT2D eigenvalue weighted by Crippen LogP contribution is -2.37. The summed E-state index contributed by atoms with van der Waals surface area (Å²) < 4.78 is 13.7. The number of benzene rings is 1. The van der Waals surface area contributed by atoms with E-state index in [4.69, 9.17) is 0 Å². The van der Waals surface area contributed by atoms with Gasteiger partial charge in [-0.1, -0.05) is 18.2 Å². The van der Waals surface area contributed by atoms with Gasteiger partial charge in [0.05, 0.1) is 18.3 Å². The van der Waals surface area contributed by atoms with Crippen LogP contribution in [0.3, 0.4) is 0 Å². The third-order valence-corrected chi connectivity index (χ3v) is 4.20. The van der Waals surface area contributed by atoms with Crippen LogP contribution in [0.15, 0.2) is 36.4 Å². The second-order valence-corrected chi connectivity index (χ2v) is 6.11. The highest BCUT2D eigenvalue weighted by molar-refractivity contribution is 5.74. The first-order valence-corrected chi connectivity index (χ1v) is 7.99. The van der Waals surface area contributed by atoms with Crippen LogP contribution in [-0.2, 0) is 13.0 Å². The normalized spacial score (nSPS) is 15.7. The molecule has 1 atom stereocenters. The zero-order valence-corrected chi connectivity index (χ0v) is 13.8. The monoisotopic (exact) mass is 328 g/mol. The number of nitrogens with one attached hydrogen (secondary N) is 2. The number of fused-ring (bicyclic) bond motifs is 1. The minimum Gasteiger partial charge on any atom is -0.363 e. The number of carbonyl (C=O) groups is 1. The quantitative estimate of drug-likeness (QED) is 0.907. The molecule has 126 valence electrons. The standard InChI is InChI=1S/C18H21FN4O/c1-23(2)17-8-3-5-12(21-17)11-20-18(24)22-16-10-9-13-14(16)6-4-7-15(13)19/h3-8,16H,9-11H2,1-2H3,(H2,20,22,24). The maximum absolute atomic E-state index is 13.7. The molecule has 1 aliphatic carbocycles. The number of urea groups is 1. The fourth-order valence-electron chi connectivity index (χ4n) is 2.95. The Kier molecular flexibility index (Phi) is 4.64. The summed E-state index contributed by atoms with van der Waals surface area (Å²) in [5, 5.41) is 5.73. The first-order valence-electron chi connectivity index (χ1n) is 7.99. The summed E-state index contributed by atoms with van der Waals surface area (Å²) in [4.78, 5) is 18.5. The van der Waals surface area contributed by atoms with Crippen LogP contribution in [0.5, 0.6) is 0 Å². The van der Waals surface area contributed by atoms with Gasteiger partial charge in [-0.2, -0.15) is 0 Å². The number of hydrogen-bond donors (Lipinski definition) is 2. The lowest BCUT2D eigenvalue weighted by atomic mass is 10.1. The summed E-state index contributed by atoms with van der Waals surface area (Å²) in [6, 6.07) is 10.3. The Morgan fingerprint density at radius 3 is 2.88 bits per heavy atom. The van der Waals surface area contributed by atoms with Crippen molar-refractivity contribution in [2.24, 2.45) is 0 Å². The van der Waals surface area contributed by atoms with Gasteiger partial charge in [0, 0.05) is 14.1 Å². The van der Waals surface area contributed by atoms with E-state index in [1.54, 1.807) is 6.07 Å². The topological polar surface area (TPSA) is 57.3 Å². The van der Waals surface area contributed by atoms with Crippen LogP contribution < -0.4 is 15.5 Å². The third kappa shape index (κ3) is 3.48. The molecule has 0 spiro atoms. The number of nitrogens with zero attached hydrogens (tertiary/aromatic N) is 2. The summed E-state index contributed by atoms with van der Waals surface area (Å²) in [6.07, 6.45) is 1.37. The summed E-state index contributed by atoms with van der Waals surface area (Å²) >= 11 is 0. The molecule has 0 saturated carbocycles. The third-order valence-electron chi connectivity index (χ3n) is 4.20. The zero-order valence-electron chi connectivity index (χ0n) is 13.8. The van der Waals surface area contributed by atoms with Crippen molar-refractivity contribution < 1.29 is 9.18 Å². The number of aromatic nitrogens is 1. The molecule has 1 aromatic carbocycles. The summed E-state index contributed by atoms with van der Waals surface area (Å²) in [6.45, 7) is 0.343. The Morgan fingerprint density at radius 1 is 1.29 bits per heavy atom. The SMILES string of the molecule is CN(C)c1cccc(CNC(=O)NC2CCc3c(F)cccc32)n1. The van der Waals surface area contributed by atoms with Gasteiger partial charge in [-0.15, -0.1) is 0 Å². The van der Waals surface area contributed by atoms with E-state index in [9.17, 15) is 9.18 Å². The van der Waals surface area contributed by atoms with Crippen molar-refractivity contribution in [2.75, 3.05) is 19.0 Å². The van der Waals surface area contributed by atoms with Crippen LogP contribution in [0.2, 0.25) is 0 Å². The van der Waals surface area contributed by atoms with E-state index in [0.29, 0.717) is 18.5 Å². The molecule has 6 heteroatoms. The van der Waals surface area contributed by atoms with Gasteiger partial charge in [0.1, 0.15) is 11.6 Å². The van der Waals surface area contributed by atoms with Crippen LogP contribution in [0, 0.1) is 5.82 Å². The number of carbonyl (C=O) groups excluding carboxylic acids is 1. The average molecular weight is 328 g/mol. The minimum absolute atomic E-state index is 0.142. The molecule has 0 saturated heterocycles. The summed E-state index contributed by atoms with van der Waals surface area (Å²) in [5.41, 5.74) is 2.37. The molecule has 5 nitrogen and oxygen atoms in total. The Balaban J connectivity index is 1.58. The lowest BCUT2D eigenvalue weighted by Gasteiger charge is -2.16. The average Bonchev–Trinajstić information content (AvgIpc) is 2.98. The molecule has 2 amide bonds. The molecule has 3 rings (SSSR count). The Bertz CT molecular complexity index is 748. The van der Waals surface area contributed by atoms with Crippen LogP contribution >= 0.6 is 0 Å². The van der Waals surface area contributed by atoms with Gasteiger partial charge in [-0.3, -0.25) is 0 Å². The Morgan fingerprint density at radius 2 is 2.08 bits per heavy atom. The number of amides is 2. The molecule has 0 aliphatic heterocycles. The molecular formula is C18H21FN4O. The second kappa shape index (κ2) is 6.86. The van der Waals surface area contributed by atoms with Gasteiger partial charge in [-0.25, -0.2) is 14.2 Å². The van der Waals surface area contributed by atoms with Crippen molar-refractivity contribution in [1.29, 1.82) is 0 Å². The van der Waals surface area contributed by atoms with E-state index in [-0.39, 0.29) is 17.9 Å². The van der Waals surface area contributed by atoms with Crippen molar-refractivity contribution in [2.45, 2.75) is 25.4 Å². The highest BCUT2D eigenvalue weighted by atomic mass is 19.1. The molecule has 0 fully saturated rings. The van der Waals surface area contributed by atoms with E-state index >= 15 is 0 Å². The number of anilines is 1. The molecule has 2 N–H and O–H groups in total. The molecule has 24 heavy (non-hydrogen) atoms. The highest BCUT2D eigenvalue weighted by Crippen LogP contribution is 2.32. The first-order chi connectivity index (χ1) is 11.5. The van der Waals surface area contributed by atoms with Gasteiger partial charge < -0.3 is 15.5 Å². The van der Waals surface area contributed by atoms with Gasteiger partial charge in [0.25, 0.3) is 0 Å². The van der Waals surface area contributed by atoms with E-state index in [1.807, 2.05) is 43.3 Å². The molecule has 1 unspecified atom stereocenters. The van der Waals surface area contributed by atoms with Crippen molar-refractivity contribution in [3.8, 4) is 0 Å². The van der Waals surface area contributed by atoms with Crippen LogP contribution in [-0.4, -0.2) is 25.1 Å². The number of pyridine rings is 1. The highest BCUT2D eigenvalue weighted by Gasteiger charge is 2.25. The molecular weight excluding hydrogens is 307 g/mol. The van der Waals surface area contributed by atoms with Gasteiger partial charge >= 0.3 is 6.03 Å². The van der Waals surface area contributed by atoms with Crippen LogP contribution in [0.4, 0.5) is 15.0 Å². The van der Waals surface area contributed by atoms with E-state index in [1.165, 1.54) is 6.07 Å². The predicted molar refractivity (Wildman–Crippen MR) is 91.4 cm³/mol. The minimum atomic E-state index is -0.269. The van der Waals surface area contributed by atoms with Crippen molar-refractivity contribution in [3.05, 3.63) is 59.0 Å². The number of hydrogen-bond acceptors (Lipinski definition) is 3. The van der Waals surface area contributed by atoms with Crippen molar-refractivity contribution in [1.82, 2.24) is 15.6 Å². The number of halogens is 1. The van der Waals surface area contributed by atoms with Gasteiger partial charge in [0.2, 0.25) is 0 Å². The largest absolute Gasteiger partial charge is 0.363 e. The molecule has 1 aromatic heterocycles. The summed E-state index contributed by atoms with van der Waals surface area (Å²) in [7, 11) is 3.84. The first kappa shape index (κ1) is 16.2. The Hall–Kier alpha value is -2.63. The second-order valence-electron chi connectivity index (χ2n) is 6.11. The van der Waals surface area contributed by atoms with E-state index < -0.39 is 0 Å². The fourth-order valence-corrected chi connectivity index (χ4v) is 2.95. The molecule has 0 bridgehead atoms. The van der Waals surface area contributed by atoms with Crippen LogP contribution in [0.25, 0.3) is 0 Å². The van der Waals surface area contributed by atoms with E-state index in [2.05, 4.69) is 15.6 Å². The number of rotatable bonds is 4. The Labute approximate surface area is 140 Å².